The van der Waals surface area contributed by atoms with Crippen molar-refractivity contribution in [1.82, 2.24) is 0 Å². The zero-order valence-corrected chi connectivity index (χ0v) is 11.8. The van der Waals surface area contributed by atoms with Gasteiger partial charge in [-0.25, -0.2) is 0 Å². The fourth-order valence-corrected chi connectivity index (χ4v) is 2.08. The van der Waals surface area contributed by atoms with Gasteiger partial charge in [0.25, 0.3) is 11.6 Å². The van der Waals surface area contributed by atoms with Crippen LogP contribution >= 0.6 is 11.6 Å². The van der Waals surface area contributed by atoms with E-state index >= 15 is 0 Å². The standard InChI is InChI=1S/C14H12ClN3O3/c1-16-13-9(5-4-8-12(13)18(20)21)14(19)17-11-7-3-2-6-10(11)15/h2-8,16H,1H3,(H,17,19). The molecule has 0 aromatic heterocycles. The highest BCUT2D eigenvalue weighted by Crippen LogP contribution is 2.29. The summed E-state index contributed by atoms with van der Waals surface area (Å²) in [5.74, 6) is -0.476. The first-order valence-electron chi connectivity index (χ1n) is 6.05. The Bertz CT molecular complexity index is 704. The fourth-order valence-electron chi connectivity index (χ4n) is 1.90. The van der Waals surface area contributed by atoms with Crippen molar-refractivity contribution in [3.63, 3.8) is 0 Å². The Morgan fingerprint density at radius 1 is 1.19 bits per heavy atom. The highest BCUT2D eigenvalue weighted by atomic mass is 35.5. The van der Waals surface area contributed by atoms with Crippen molar-refractivity contribution in [2.75, 3.05) is 17.7 Å². The van der Waals surface area contributed by atoms with Crippen LogP contribution in [0.2, 0.25) is 5.02 Å². The molecule has 0 fully saturated rings. The van der Waals surface area contributed by atoms with E-state index in [0.717, 1.165) is 0 Å². The molecule has 0 spiro atoms. The smallest absolute Gasteiger partial charge is 0.293 e. The molecule has 0 bridgehead atoms. The van der Waals surface area contributed by atoms with Crippen molar-refractivity contribution in [2.45, 2.75) is 0 Å². The maximum absolute atomic E-state index is 12.3. The van der Waals surface area contributed by atoms with Crippen molar-refractivity contribution in [3.05, 3.63) is 63.2 Å². The third-order valence-corrected chi connectivity index (χ3v) is 3.19. The van der Waals surface area contributed by atoms with Crippen LogP contribution in [0.15, 0.2) is 42.5 Å². The van der Waals surface area contributed by atoms with Crippen LogP contribution in [0.25, 0.3) is 0 Å². The molecular formula is C14H12ClN3O3. The number of carbonyl (C=O) groups excluding carboxylic acids is 1. The summed E-state index contributed by atoms with van der Waals surface area (Å²) in [6, 6.07) is 11.1. The molecule has 0 atom stereocenters. The van der Waals surface area contributed by atoms with Crippen LogP contribution in [-0.4, -0.2) is 17.9 Å². The summed E-state index contributed by atoms with van der Waals surface area (Å²) in [5.41, 5.74) is 0.612. The molecule has 2 rings (SSSR count). The van der Waals surface area contributed by atoms with Gasteiger partial charge in [0.05, 0.1) is 21.2 Å². The molecule has 2 N–H and O–H groups in total. The van der Waals surface area contributed by atoms with E-state index in [1.807, 2.05) is 0 Å². The largest absolute Gasteiger partial charge is 0.382 e. The lowest BCUT2D eigenvalue weighted by atomic mass is 10.1. The minimum atomic E-state index is -0.544. The maximum Gasteiger partial charge on any atom is 0.293 e. The Balaban J connectivity index is 2.38. The van der Waals surface area contributed by atoms with Crippen molar-refractivity contribution in [2.24, 2.45) is 0 Å². The zero-order chi connectivity index (χ0) is 15.4. The molecule has 0 saturated carbocycles. The number of anilines is 2. The number of nitrogens with one attached hydrogen (secondary N) is 2. The SMILES string of the molecule is CNc1c(C(=O)Nc2ccccc2Cl)cccc1[N+](=O)[O-]. The van der Waals surface area contributed by atoms with E-state index in [-0.39, 0.29) is 16.9 Å². The number of para-hydroxylation sites is 2. The van der Waals surface area contributed by atoms with Crippen LogP contribution in [0.1, 0.15) is 10.4 Å². The second-order valence-electron chi connectivity index (χ2n) is 4.14. The Labute approximate surface area is 125 Å². The first-order chi connectivity index (χ1) is 10.0. The monoisotopic (exact) mass is 305 g/mol. The van der Waals surface area contributed by atoms with E-state index in [9.17, 15) is 14.9 Å². The number of carbonyl (C=O) groups is 1. The predicted octanol–water partition coefficient (Wildman–Crippen LogP) is 3.54. The summed E-state index contributed by atoms with van der Waals surface area (Å²) >= 11 is 5.97. The number of benzene rings is 2. The zero-order valence-electron chi connectivity index (χ0n) is 11.1. The number of nitrogens with zero attached hydrogens (tertiary/aromatic N) is 1. The van der Waals surface area contributed by atoms with E-state index in [1.54, 1.807) is 24.3 Å². The van der Waals surface area contributed by atoms with Gasteiger partial charge in [-0.2, -0.15) is 0 Å². The minimum absolute atomic E-state index is 0.159. The number of amides is 1. The Morgan fingerprint density at radius 3 is 2.52 bits per heavy atom. The number of rotatable bonds is 4. The molecule has 21 heavy (non-hydrogen) atoms. The molecule has 0 unspecified atom stereocenters. The second kappa shape index (κ2) is 6.23. The highest BCUT2D eigenvalue weighted by molar-refractivity contribution is 6.34. The molecule has 0 aliphatic carbocycles. The van der Waals surface area contributed by atoms with Gasteiger partial charge in [-0.05, 0) is 18.2 Å². The van der Waals surface area contributed by atoms with Crippen LogP contribution in [0.3, 0.4) is 0 Å². The lowest BCUT2D eigenvalue weighted by Gasteiger charge is -2.11. The number of hydrogen-bond acceptors (Lipinski definition) is 4. The molecule has 0 radical (unpaired) electrons. The average molecular weight is 306 g/mol. The van der Waals surface area contributed by atoms with Crippen LogP contribution in [0, 0.1) is 10.1 Å². The molecule has 1 amide bonds. The minimum Gasteiger partial charge on any atom is -0.382 e. The number of nitro benzene ring substituents is 1. The Morgan fingerprint density at radius 2 is 1.90 bits per heavy atom. The summed E-state index contributed by atoms with van der Waals surface area (Å²) < 4.78 is 0. The second-order valence-corrected chi connectivity index (χ2v) is 4.55. The quantitative estimate of drug-likeness (QED) is 0.668. The van der Waals surface area contributed by atoms with Crippen molar-refractivity contribution in [1.29, 1.82) is 0 Å². The van der Waals surface area contributed by atoms with Gasteiger partial charge in [-0.1, -0.05) is 29.8 Å². The molecule has 0 aliphatic rings. The van der Waals surface area contributed by atoms with E-state index in [1.165, 1.54) is 25.2 Å². The molecule has 0 heterocycles. The summed E-state index contributed by atoms with van der Waals surface area (Å²) in [6.45, 7) is 0. The normalized spacial score (nSPS) is 10.0. The van der Waals surface area contributed by atoms with Crippen molar-refractivity contribution >= 4 is 34.6 Å². The first kappa shape index (κ1) is 14.8. The molecule has 7 heteroatoms. The molecule has 0 saturated heterocycles. The van der Waals surface area contributed by atoms with Gasteiger partial charge in [0.2, 0.25) is 0 Å². The van der Waals surface area contributed by atoms with Crippen molar-refractivity contribution < 1.29 is 9.72 Å². The van der Waals surface area contributed by atoms with E-state index in [2.05, 4.69) is 10.6 Å². The van der Waals surface area contributed by atoms with Gasteiger partial charge in [-0.3, -0.25) is 14.9 Å². The Kier molecular flexibility index (Phi) is 4.39. The fraction of sp³-hybridized carbons (Fsp3) is 0.0714. The van der Waals surface area contributed by atoms with Gasteiger partial charge in [0.1, 0.15) is 5.69 Å². The molecule has 108 valence electrons. The van der Waals surface area contributed by atoms with Gasteiger partial charge >= 0.3 is 0 Å². The van der Waals surface area contributed by atoms with E-state index in [0.29, 0.717) is 10.7 Å². The highest BCUT2D eigenvalue weighted by Gasteiger charge is 2.20. The number of nitro groups is 1. The van der Waals surface area contributed by atoms with Crippen LogP contribution < -0.4 is 10.6 Å². The summed E-state index contributed by atoms with van der Waals surface area (Å²) in [5, 5.41) is 16.7. The summed E-state index contributed by atoms with van der Waals surface area (Å²) in [7, 11) is 1.52. The van der Waals surface area contributed by atoms with Gasteiger partial charge < -0.3 is 10.6 Å². The topological polar surface area (TPSA) is 84.3 Å². The average Bonchev–Trinajstić information content (AvgIpc) is 2.48. The number of hydrogen-bond donors (Lipinski definition) is 2. The van der Waals surface area contributed by atoms with Crippen LogP contribution in [0.5, 0.6) is 0 Å². The van der Waals surface area contributed by atoms with Crippen LogP contribution in [-0.2, 0) is 0 Å². The lowest BCUT2D eigenvalue weighted by molar-refractivity contribution is -0.384. The van der Waals surface area contributed by atoms with Gasteiger partial charge in [0, 0.05) is 13.1 Å². The van der Waals surface area contributed by atoms with Gasteiger partial charge in [0.15, 0.2) is 0 Å². The van der Waals surface area contributed by atoms with Crippen molar-refractivity contribution in [3.8, 4) is 0 Å². The third-order valence-electron chi connectivity index (χ3n) is 2.86. The summed E-state index contributed by atoms with van der Waals surface area (Å²) in [6.07, 6.45) is 0. The van der Waals surface area contributed by atoms with Crippen LogP contribution in [0.4, 0.5) is 17.1 Å². The lowest BCUT2D eigenvalue weighted by Crippen LogP contribution is -2.15. The maximum atomic E-state index is 12.3. The molecule has 6 nitrogen and oxygen atoms in total. The van der Waals surface area contributed by atoms with Gasteiger partial charge in [-0.15, -0.1) is 0 Å². The third kappa shape index (κ3) is 3.11. The number of halogens is 1. The molecule has 2 aromatic rings. The molecular weight excluding hydrogens is 294 g/mol. The van der Waals surface area contributed by atoms with E-state index < -0.39 is 10.8 Å². The first-order valence-corrected chi connectivity index (χ1v) is 6.43. The van der Waals surface area contributed by atoms with E-state index in [4.69, 9.17) is 11.6 Å². The Hall–Kier alpha value is -2.60. The predicted molar refractivity (Wildman–Crippen MR) is 82.0 cm³/mol. The molecule has 2 aromatic carbocycles. The summed E-state index contributed by atoms with van der Waals surface area (Å²) in [4.78, 5) is 22.7. The molecule has 0 aliphatic heterocycles.